The van der Waals surface area contributed by atoms with E-state index in [4.69, 9.17) is 0 Å². The summed E-state index contributed by atoms with van der Waals surface area (Å²) in [5.41, 5.74) is -0.956. The Bertz CT molecular complexity index is 1100. The molecule has 0 heterocycles. The van der Waals surface area contributed by atoms with E-state index in [9.17, 15) is 27.2 Å². The number of anilines is 2. The summed E-state index contributed by atoms with van der Waals surface area (Å²) in [7, 11) is 0. The maximum absolute atomic E-state index is 13.7. The number of para-hydroxylation sites is 1. The third kappa shape index (κ3) is 6.08. The molecule has 0 aromatic heterocycles. The molecule has 2 amide bonds. The van der Waals surface area contributed by atoms with E-state index in [-0.39, 0.29) is 17.0 Å². The SMILES string of the molecule is O=C(CSc1cccc(NC(=O)c2ccccc2F)c1)Nc1ccccc1C(F)(F)F. The Balaban J connectivity index is 1.61. The fraction of sp³-hybridized carbons (Fsp3) is 0.0909. The first-order valence-electron chi connectivity index (χ1n) is 8.99. The van der Waals surface area contributed by atoms with Crippen LogP contribution < -0.4 is 10.6 Å². The van der Waals surface area contributed by atoms with Gasteiger partial charge in [0.05, 0.1) is 22.6 Å². The first-order valence-corrected chi connectivity index (χ1v) is 9.97. The van der Waals surface area contributed by atoms with Crippen LogP contribution in [0.4, 0.5) is 28.9 Å². The van der Waals surface area contributed by atoms with E-state index in [2.05, 4.69) is 10.6 Å². The van der Waals surface area contributed by atoms with Crippen LogP contribution in [-0.4, -0.2) is 17.6 Å². The molecule has 0 saturated heterocycles. The molecule has 0 fully saturated rings. The first-order chi connectivity index (χ1) is 14.7. The van der Waals surface area contributed by atoms with E-state index in [1.165, 1.54) is 36.4 Å². The maximum atomic E-state index is 13.7. The van der Waals surface area contributed by atoms with Crippen LogP contribution in [0.5, 0.6) is 0 Å². The molecule has 0 spiro atoms. The predicted molar refractivity (Wildman–Crippen MR) is 112 cm³/mol. The third-order valence-corrected chi connectivity index (χ3v) is 5.08. The van der Waals surface area contributed by atoms with Crippen molar-refractivity contribution in [2.45, 2.75) is 11.1 Å². The minimum atomic E-state index is -4.58. The van der Waals surface area contributed by atoms with Crippen LogP contribution in [0.25, 0.3) is 0 Å². The molecular weight excluding hydrogens is 432 g/mol. The third-order valence-electron chi connectivity index (χ3n) is 4.09. The Morgan fingerprint density at radius 3 is 2.32 bits per heavy atom. The highest BCUT2D eigenvalue weighted by Crippen LogP contribution is 2.34. The number of carbonyl (C=O) groups is 2. The summed E-state index contributed by atoms with van der Waals surface area (Å²) in [5.74, 6) is -2.03. The van der Waals surface area contributed by atoms with Gasteiger partial charge in [0.15, 0.2) is 0 Å². The number of amides is 2. The Morgan fingerprint density at radius 1 is 0.871 bits per heavy atom. The van der Waals surface area contributed by atoms with Crippen molar-refractivity contribution in [2.24, 2.45) is 0 Å². The quantitative estimate of drug-likeness (QED) is 0.369. The van der Waals surface area contributed by atoms with Gasteiger partial charge in [-0.3, -0.25) is 9.59 Å². The van der Waals surface area contributed by atoms with E-state index >= 15 is 0 Å². The number of alkyl halides is 3. The molecule has 160 valence electrons. The molecule has 0 bridgehead atoms. The largest absolute Gasteiger partial charge is 0.418 e. The number of halogens is 4. The lowest BCUT2D eigenvalue weighted by Crippen LogP contribution is -2.18. The fourth-order valence-corrected chi connectivity index (χ4v) is 3.44. The zero-order valence-corrected chi connectivity index (χ0v) is 16.7. The summed E-state index contributed by atoms with van der Waals surface area (Å²) in [6, 6.07) is 16.8. The summed E-state index contributed by atoms with van der Waals surface area (Å²) in [6.07, 6.45) is -4.58. The second-order valence-electron chi connectivity index (χ2n) is 6.34. The lowest BCUT2D eigenvalue weighted by molar-refractivity contribution is -0.137. The van der Waals surface area contributed by atoms with E-state index in [1.54, 1.807) is 30.3 Å². The van der Waals surface area contributed by atoms with Crippen LogP contribution in [0.15, 0.2) is 77.7 Å². The molecule has 0 saturated carbocycles. The molecule has 0 radical (unpaired) electrons. The topological polar surface area (TPSA) is 58.2 Å². The summed E-state index contributed by atoms with van der Waals surface area (Å²) in [6.45, 7) is 0. The van der Waals surface area contributed by atoms with Crippen LogP contribution >= 0.6 is 11.8 Å². The van der Waals surface area contributed by atoms with Gasteiger partial charge in [0.1, 0.15) is 5.82 Å². The lowest BCUT2D eigenvalue weighted by Gasteiger charge is -2.13. The van der Waals surface area contributed by atoms with Gasteiger partial charge in [0.2, 0.25) is 5.91 Å². The highest BCUT2D eigenvalue weighted by molar-refractivity contribution is 8.00. The van der Waals surface area contributed by atoms with E-state index in [0.29, 0.717) is 10.6 Å². The first kappa shape index (κ1) is 22.4. The summed E-state index contributed by atoms with van der Waals surface area (Å²) >= 11 is 1.08. The van der Waals surface area contributed by atoms with Crippen molar-refractivity contribution in [3.05, 3.63) is 89.7 Å². The number of thioether (sulfide) groups is 1. The van der Waals surface area contributed by atoms with Gasteiger partial charge in [-0.25, -0.2) is 4.39 Å². The van der Waals surface area contributed by atoms with Crippen molar-refractivity contribution in [3.8, 4) is 0 Å². The van der Waals surface area contributed by atoms with Crippen LogP contribution in [0.1, 0.15) is 15.9 Å². The number of rotatable bonds is 6. The van der Waals surface area contributed by atoms with Crippen molar-refractivity contribution in [3.63, 3.8) is 0 Å². The molecule has 0 aliphatic rings. The fourth-order valence-electron chi connectivity index (χ4n) is 2.68. The molecule has 0 aliphatic heterocycles. The molecular formula is C22H16F4N2O2S. The van der Waals surface area contributed by atoms with Crippen molar-refractivity contribution < 1.29 is 27.2 Å². The summed E-state index contributed by atoms with van der Waals surface area (Å²) in [4.78, 5) is 25.0. The summed E-state index contributed by atoms with van der Waals surface area (Å²) < 4.78 is 52.8. The lowest BCUT2D eigenvalue weighted by atomic mass is 10.1. The molecule has 3 aromatic rings. The van der Waals surface area contributed by atoms with Crippen molar-refractivity contribution in [1.82, 2.24) is 0 Å². The smallest absolute Gasteiger partial charge is 0.325 e. The molecule has 0 atom stereocenters. The Kier molecular flexibility index (Phi) is 6.96. The van der Waals surface area contributed by atoms with E-state index < -0.39 is 29.4 Å². The monoisotopic (exact) mass is 448 g/mol. The van der Waals surface area contributed by atoms with E-state index in [1.807, 2.05) is 0 Å². The number of hydrogen-bond donors (Lipinski definition) is 2. The van der Waals surface area contributed by atoms with Gasteiger partial charge in [0.25, 0.3) is 5.91 Å². The standard InChI is InChI=1S/C22H16F4N2O2S/c23-18-10-3-1-8-16(18)21(30)27-14-6-5-7-15(12-14)31-13-20(29)28-19-11-4-2-9-17(19)22(24,25)26/h1-12H,13H2,(H,27,30)(H,28,29). The molecule has 0 unspecified atom stereocenters. The van der Waals surface area contributed by atoms with Crippen LogP contribution in [0.3, 0.4) is 0 Å². The zero-order valence-electron chi connectivity index (χ0n) is 15.9. The van der Waals surface area contributed by atoms with Crippen LogP contribution in [0.2, 0.25) is 0 Å². The highest BCUT2D eigenvalue weighted by atomic mass is 32.2. The molecule has 4 nitrogen and oxygen atoms in total. The molecule has 3 aromatic carbocycles. The number of hydrogen-bond acceptors (Lipinski definition) is 3. The van der Waals surface area contributed by atoms with Crippen molar-refractivity contribution >= 4 is 35.0 Å². The van der Waals surface area contributed by atoms with Gasteiger partial charge in [-0.1, -0.05) is 30.3 Å². The minimum absolute atomic E-state index is 0.108. The second-order valence-corrected chi connectivity index (χ2v) is 7.39. The van der Waals surface area contributed by atoms with Gasteiger partial charge >= 0.3 is 6.18 Å². The van der Waals surface area contributed by atoms with Crippen LogP contribution in [0, 0.1) is 5.82 Å². The van der Waals surface area contributed by atoms with E-state index in [0.717, 1.165) is 17.8 Å². The highest BCUT2D eigenvalue weighted by Gasteiger charge is 2.33. The van der Waals surface area contributed by atoms with Crippen LogP contribution in [-0.2, 0) is 11.0 Å². The van der Waals surface area contributed by atoms with Gasteiger partial charge < -0.3 is 10.6 Å². The molecule has 2 N–H and O–H groups in total. The Hall–Kier alpha value is -3.33. The zero-order chi connectivity index (χ0) is 22.4. The average molecular weight is 448 g/mol. The molecule has 9 heteroatoms. The van der Waals surface area contributed by atoms with Gasteiger partial charge in [-0.2, -0.15) is 13.2 Å². The number of carbonyl (C=O) groups excluding carboxylic acids is 2. The molecule has 31 heavy (non-hydrogen) atoms. The Morgan fingerprint density at radius 2 is 1.58 bits per heavy atom. The van der Waals surface area contributed by atoms with Gasteiger partial charge in [0, 0.05) is 10.6 Å². The molecule has 3 rings (SSSR count). The van der Waals surface area contributed by atoms with Crippen molar-refractivity contribution in [2.75, 3.05) is 16.4 Å². The van der Waals surface area contributed by atoms with Gasteiger partial charge in [-0.15, -0.1) is 11.8 Å². The summed E-state index contributed by atoms with van der Waals surface area (Å²) in [5, 5.41) is 4.84. The Labute approximate surface area is 179 Å². The normalized spacial score (nSPS) is 11.1. The predicted octanol–water partition coefficient (Wildman–Crippen LogP) is 5.83. The number of benzene rings is 3. The van der Waals surface area contributed by atoms with Crippen molar-refractivity contribution in [1.29, 1.82) is 0 Å². The average Bonchev–Trinajstić information content (AvgIpc) is 2.72. The van der Waals surface area contributed by atoms with Gasteiger partial charge in [-0.05, 0) is 42.5 Å². The minimum Gasteiger partial charge on any atom is -0.325 e. The number of nitrogens with one attached hydrogen (secondary N) is 2. The maximum Gasteiger partial charge on any atom is 0.418 e. The molecule has 0 aliphatic carbocycles. The second kappa shape index (κ2) is 9.65.